The third kappa shape index (κ3) is 5.52. The van der Waals surface area contributed by atoms with Crippen LogP contribution in [0.15, 0.2) is 35.3 Å². The predicted octanol–water partition coefficient (Wildman–Crippen LogP) is 3.29. The van der Waals surface area contributed by atoms with Crippen LogP contribution in [0.25, 0.3) is 0 Å². The van der Waals surface area contributed by atoms with Crippen LogP contribution in [0.4, 0.5) is 0 Å². The Bertz CT molecular complexity index is 513. The molecule has 3 rings (SSSR count). The molecule has 1 aromatic rings. The van der Waals surface area contributed by atoms with Crippen LogP contribution < -0.4 is 5.32 Å². The van der Waals surface area contributed by atoms with Crippen molar-refractivity contribution in [2.45, 2.75) is 38.7 Å². The molecule has 1 N–H and O–H groups in total. The molecule has 1 atom stereocenters. The van der Waals surface area contributed by atoms with Crippen molar-refractivity contribution in [1.29, 1.82) is 0 Å². The monoisotopic (exact) mass is 329 g/mol. The molecule has 0 spiro atoms. The quantitative estimate of drug-likeness (QED) is 0.452. The summed E-state index contributed by atoms with van der Waals surface area (Å²) in [4.78, 5) is 6.84. The minimum Gasteiger partial charge on any atom is -0.376 e. The molecule has 132 valence electrons. The molecule has 1 aromatic carbocycles. The van der Waals surface area contributed by atoms with Crippen molar-refractivity contribution >= 4 is 5.96 Å². The number of nitrogens with zero attached hydrogens (tertiary/aromatic N) is 2. The lowest BCUT2D eigenvalue weighted by molar-refractivity contribution is 0.0907. The highest BCUT2D eigenvalue weighted by Crippen LogP contribution is 2.33. The van der Waals surface area contributed by atoms with E-state index in [1.165, 1.54) is 37.7 Å². The number of rotatable bonds is 8. The minimum atomic E-state index is 0.610. The molecule has 4 heteroatoms. The summed E-state index contributed by atoms with van der Waals surface area (Å²) >= 11 is 0. The van der Waals surface area contributed by atoms with E-state index in [-0.39, 0.29) is 0 Å². The van der Waals surface area contributed by atoms with Gasteiger partial charge in [-0.15, -0.1) is 0 Å². The van der Waals surface area contributed by atoms with Gasteiger partial charge in [-0.05, 0) is 30.7 Å². The van der Waals surface area contributed by atoms with Crippen LogP contribution >= 0.6 is 0 Å². The molecule has 1 heterocycles. The van der Waals surface area contributed by atoms with Crippen molar-refractivity contribution < 1.29 is 4.74 Å². The van der Waals surface area contributed by atoms with Gasteiger partial charge in [0, 0.05) is 32.6 Å². The van der Waals surface area contributed by atoms with Gasteiger partial charge in [-0.1, -0.05) is 43.2 Å². The maximum atomic E-state index is 5.91. The lowest BCUT2D eigenvalue weighted by Crippen LogP contribution is -2.40. The molecule has 2 aliphatic rings. The Hall–Kier alpha value is -1.55. The van der Waals surface area contributed by atoms with E-state index in [1.54, 1.807) is 0 Å². The number of nitrogens with one attached hydrogen (secondary N) is 1. The van der Waals surface area contributed by atoms with Crippen LogP contribution in [0.3, 0.4) is 0 Å². The Morgan fingerprint density at radius 3 is 2.79 bits per heavy atom. The van der Waals surface area contributed by atoms with Gasteiger partial charge in [0.25, 0.3) is 0 Å². The highest BCUT2D eigenvalue weighted by molar-refractivity contribution is 5.80. The maximum Gasteiger partial charge on any atom is 0.193 e. The van der Waals surface area contributed by atoms with Crippen molar-refractivity contribution in [2.24, 2.45) is 16.8 Å². The van der Waals surface area contributed by atoms with Crippen molar-refractivity contribution in [3.63, 3.8) is 0 Å². The van der Waals surface area contributed by atoms with E-state index >= 15 is 0 Å². The molecule has 2 fully saturated rings. The zero-order valence-electron chi connectivity index (χ0n) is 14.9. The second-order valence-corrected chi connectivity index (χ2v) is 7.16. The predicted molar refractivity (Wildman–Crippen MR) is 99.1 cm³/mol. The van der Waals surface area contributed by atoms with Gasteiger partial charge in [-0.3, -0.25) is 4.99 Å². The van der Waals surface area contributed by atoms with Gasteiger partial charge in [0.2, 0.25) is 0 Å². The summed E-state index contributed by atoms with van der Waals surface area (Å²) in [7, 11) is 1.89. The molecule has 1 saturated carbocycles. The summed E-state index contributed by atoms with van der Waals surface area (Å²) < 4.78 is 5.91. The molecule has 0 aromatic heterocycles. The summed E-state index contributed by atoms with van der Waals surface area (Å²) in [5, 5.41) is 3.53. The van der Waals surface area contributed by atoms with Crippen LogP contribution in [0.1, 0.15) is 37.7 Å². The highest BCUT2D eigenvalue weighted by atomic mass is 16.5. The van der Waals surface area contributed by atoms with Crippen LogP contribution in [-0.2, 0) is 11.3 Å². The fourth-order valence-electron chi connectivity index (χ4n) is 3.41. The first-order chi connectivity index (χ1) is 11.8. The fourth-order valence-corrected chi connectivity index (χ4v) is 3.41. The topological polar surface area (TPSA) is 36.9 Å². The number of hydrogen-bond donors (Lipinski definition) is 1. The average Bonchev–Trinajstić information content (AvgIpc) is 3.33. The average molecular weight is 329 g/mol. The molecule has 0 radical (unpaired) electrons. The molecule has 1 aliphatic carbocycles. The van der Waals surface area contributed by atoms with Crippen LogP contribution in [0.2, 0.25) is 0 Å². The van der Waals surface area contributed by atoms with Gasteiger partial charge < -0.3 is 15.0 Å². The molecule has 0 amide bonds. The number of benzene rings is 1. The Labute approximate surface area is 146 Å². The number of ether oxygens (including phenoxy) is 1. The van der Waals surface area contributed by atoms with Crippen LogP contribution in [0, 0.1) is 11.8 Å². The van der Waals surface area contributed by atoms with Crippen molar-refractivity contribution in [3.8, 4) is 0 Å². The number of aliphatic imine (C=N–C) groups is 1. The molecule has 0 bridgehead atoms. The number of guanidine groups is 1. The Kier molecular flexibility index (Phi) is 6.53. The smallest absolute Gasteiger partial charge is 0.193 e. The van der Waals surface area contributed by atoms with Gasteiger partial charge in [-0.25, -0.2) is 0 Å². The normalized spacial score (nSPS) is 21.3. The van der Waals surface area contributed by atoms with Gasteiger partial charge in [0.1, 0.15) is 0 Å². The highest BCUT2D eigenvalue weighted by Gasteiger charge is 2.25. The van der Waals surface area contributed by atoms with E-state index in [1.807, 2.05) is 13.1 Å². The van der Waals surface area contributed by atoms with E-state index in [4.69, 9.17) is 4.74 Å². The second-order valence-electron chi connectivity index (χ2n) is 7.16. The molecule has 1 saturated heterocycles. The van der Waals surface area contributed by atoms with E-state index in [2.05, 4.69) is 39.5 Å². The Morgan fingerprint density at radius 2 is 2.04 bits per heavy atom. The van der Waals surface area contributed by atoms with Gasteiger partial charge in [-0.2, -0.15) is 0 Å². The molecule has 4 nitrogen and oxygen atoms in total. The van der Waals surface area contributed by atoms with E-state index in [9.17, 15) is 0 Å². The zero-order chi connectivity index (χ0) is 16.6. The lowest BCUT2D eigenvalue weighted by atomic mass is 10.1. The van der Waals surface area contributed by atoms with Crippen molar-refractivity contribution in [1.82, 2.24) is 10.2 Å². The van der Waals surface area contributed by atoms with E-state index in [0.29, 0.717) is 12.5 Å². The second kappa shape index (κ2) is 9.07. The molecule has 1 aliphatic heterocycles. The van der Waals surface area contributed by atoms with Crippen molar-refractivity contribution in [2.75, 3.05) is 33.3 Å². The lowest BCUT2D eigenvalue weighted by Gasteiger charge is -2.21. The minimum absolute atomic E-state index is 0.610. The van der Waals surface area contributed by atoms with Gasteiger partial charge in [0.05, 0.1) is 13.2 Å². The summed E-state index contributed by atoms with van der Waals surface area (Å²) in [6, 6.07) is 10.4. The van der Waals surface area contributed by atoms with E-state index < -0.39 is 0 Å². The SMILES string of the molecule is CN=C(NCCCC1CC1)N1CCC(COCc2ccccc2)C1. The maximum absolute atomic E-state index is 5.91. The zero-order valence-corrected chi connectivity index (χ0v) is 14.9. The van der Waals surface area contributed by atoms with Crippen LogP contribution in [0.5, 0.6) is 0 Å². The Balaban J connectivity index is 1.32. The molecule has 1 unspecified atom stereocenters. The molecular weight excluding hydrogens is 298 g/mol. The molecular formula is C20H31N3O. The number of likely N-dealkylation sites (tertiary alicyclic amines) is 1. The van der Waals surface area contributed by atoms with Crippen LogP contribution in [-0.4, -0.2) is 44.1 Å². The Morgan fingerprint density at radius 1 is 1.21 bits per heavy atom. The fraction of sp³-hybridized carbons (Fsp3) is 0.650. The summed E-state index contributed by atoms with van der Waals surface area (Å²) in [5.41, 5.74) is 1.25. The summed E-state index contributed by atoms with van der Waals surface area (Å²) in [5.74, 6) is 2.70. The first-order valence-electron chi connectivity index (χ1n) is 9.42. The third-order valence-electron chi connectivity index (χ3n) is 5.03. The van der Waals surface area contributed by atoms with Crippen molar-refractivity contribution in [3.05, 3.63) is 35.9 Å². The standard InChI is InChI=1S/C20H31N3O/c1-21-20(22-12-5-8-17-9-10-17)23-13-11-19(14-23)16-24-15-18-6-3-2-4-7-18/h2-4,6-7,17,19H,5,8-16H2,1H3,(H,21,22). The summed E-state index contributed by atoms with van der Waals surface area (Å²) in [6.07, 6.45) is 6.73. The molecule has 24 heavy (non-hydrogen) atoms. The van der Waals surface area contributed by atoms with Gasteiger partial charge >= 0.3 is 0 Å². The first kappa shape index (κ1) is 17.3. The summed E-state index contributed by atoms with van der Waals surface area (Å²) in [6.45, 7) is 4.74. The third-order valence-corrected chi connectivity index (χ3v) is 5.03. The first-order valence-corrected chi connectivity index (χ1v) is 9.42. The van der Waals surface area contributed by atoms with Gasteiger partial charge in [0.15, 0.2) is 5.96 Å². The number of hydrogen-bond acceptors (Lipinski definition) is 2. The largest absolute Gasteiger partial charge is 0.376 e. The van der Waals surface area contributed by atoms with E-state index in [0.717, 1.165) is 38.1 Å².